The summed E-state index contributed by atoms with van der Waals surface area (Å²) in [5, 5.41) is 1.14. The summed E-state index contributed by atoms with van der Waals surface area (Å²) in [6, 6.07) is 28.7. The first kappa shape index (κ1) is 17.7. The number of benzene rings is 3. The van der Waals surface area contributed by atoms with Crippen LogP contribution in [-0.4, -0.2) is 11.1 Å². The molecule has 4 aromatic rings. The number of para-hydroxylation sites is 1. The van der Waals surface area contributed by atoms with Crippen molar-refractivity contribution in [3.63, 3.8) is 0 Å². The van der Waals surface area contributed by atoms with Gasteiger partial charge in [0.25, 0.3) is 0 Å². The number of hydrogen-bond acceptors (Lipinski definition) is 3. The molecular weight excluding hydrogens is 358 g/mol. The van der Waals surface area contributed by atoms with Crippen molar-refractivity contribution in [2.45, 2.75) is 25.6 Å². The molecule has 143 valence electrons. The first-order chi connectivity index (χ1) is 14.3. The van der Waals surface area contributed by atoms with E-state index in [2.05, 4.69) is 53.9 Å². The highest BCUT2D eigenvalue weighted by atomic mass is 16.5. The third kappa shape index (κ3) is 4.09. The fraction of sp³-hybridized carbons (Fsp3) is 0.154. The van der Waals surface area contributed by atoms with Gasteiger partial charge in [0, 0.05) is 17.9 Å². The molecule has 3 aromatic carbocycles. The number of rotatable bonds is 5. The highest BCUT2D eigenvalue weighted by molar-refractivity contribution is 5.78. The van der Waals surface area contributed by atoms with Crippen LogP contribution in [0.15, 0.2) is 84.9 Å². The molecule has 0 fully saturated rings. The van der Waals surface area contributed by atoms with Crippen molar-refractivity contribution in [3.05, 3.63) is 108 Å². The minimum absolute atomic E-state index is 0.155. The average molecular weight is 380 g/mol. The Kier molecular flexibility index (Phi) is 4.87. The van der Waals surface area contributed by atoms with Gasteiger partial charge in [-0.1, -0.05) is 60.7 Å². The van der Waals surface area contributed by atoms with E-state index in [-0.39, 0.29) is 6.10 Å². The lowest BCUT2D eigenvalue weighted by molar-refractivity contribution is 0.188. The Labute approximate surface area is 170 Å². The first-order valence-corrected chi connectivity index (χ1v) is 9.99. The maximum absolute atomic E-state index is 6.26. The second-order valence-electron chi connectivity index (χ2n) is 7.35. The monoisotopic (exact) mass is 380 g/mol. The molecule has 5 rings (SSSR count). The molecule has 1 aromatic heterocycles. The van der Waals surface area contributed by atoms with E-state index in [0.717, 1.165) is 46.5 Å². The van der Waals surface area contributed by atoms with Crippen molar-refractivity contribution < 1.29 is 9.47 Å². The van der Waals surface area contributed by atoms with Gasteiger partial charge in [-0.25, -0.2) is 4.98 Å². The minimum Gasteiger partial charge on any atom is -0.490 e. The van der Waals surface area contributed by atoms with Crippen LogP contribution in [0, 0.1) is 6.42 Å². The molecule has 3 heteroatoms. The van der Waals surface area contributed by atoms with Crippen molar-refractivity contribution in [2.24, 2.45) is 0 Å². The van der Waals surface area contributed by atoms with Crippen LogP contribution in [0.2, 0.25) is 0 Å². The maximum Gasteiger partial charge on any atom is 0.130 e. The maximum atomic E-state index is 6.26. The van der Waals surface area contributed by atoms with Gasteiger partial charge in [0.2, 0.25) is 0 Å². The summed E-state index contributed by atoms with van der Waals surface area (Å²) in [6.45, 7) is 0.431. The van der Waals surface area contributed by atoms with Gasteiger partial charge in [-0.05, 0) is 42.2 Å². The zero-order valence-electron chi connectivity index (χ0n) is 16.1. The molecule has 3 nitrogen and oxygen atoms in total. The minimum atomic E-state index is 0.155. The van der Waals surface area contributed by atoms with Gasteiger partial charge in [0.05, 0.1) is 11.2 Å². The van der Waals surface area contributed by atoms with Crippen LogP contribution in [0.5, 0.6) is 11.5 Å². The first-order valence-electron chi connectivity index (χ1n) is 9.99. The van der Waals surface area contributed by atoms with Gasteiger partial charge in [0.1, 0.15) is 24.2 Å². The number of fused-ring (bicyclic) bond motifs is 2. The Hall–Kier alpha value is -3.33. The molecule has 0 N–H and O–H groups in total. The van der Waals surface area contributed by atoms with Gasteiger partial charge >= 0.3 is 0 Å². The SMILES string of the molecule is [CH]1CC(Cc2ccccc2)Oc2cc(OCc3ccc4ccccc4n3)ccc21. The summed E-state index contributed by atoms with van der Waals surface area (Å²) >= 11 is 0. The topological polar surface area (TPSA) is 31.4 Å². The van der Waals surface area contributed by atoms with Crippen LogP contribution in [0.3, 0.4) is 0 Å². The Balaban J connectivity index is 1.27. The third-order valence-electron chi connectivity index (χ3n) is 5.23. The van der Waals surface area contributed by atoms with Crippen molar-refractivity contribution in [1.82, 2.24) is 4.98 Å². The number of pyridine rings is 1. The molecular formula is C26H22NO2. The molecule has 1 aliphatic heterocycles. The predicted octanol–water partition coefficient (Wildman–Crippen LogP) is 5.76. The lowest BCUT2D eigenvalue weighted by atomic mass is 9.97. The summed E-state index contributed by atoms with van der Waals surface area (Å²) in [5.74, 6) is 1.69. The number of ether oxygens (including phenoxy) is 2. The van der Waals surface area contributed by atoms with Crippen LogP contribution in [0.1, 0.15) is 23.2 Å². The molecule has 0 saturated heterocycles. The van der Waals surface area contributed by atoms with E-state index in [9.17, 15) is 0 Å². The average Bonchev–Trinajstić information content (AvgIpc) is 2.78. The third-order valence-corrected chi connectivity index (χ3v) is 5.23. The van der Waals surface area contributed by atoms with Crippen LogP contribution in [-0.2, 0) is 13.0 Å². The Bertz CT molecular complexity index is 1120. The number of hydrogen-bond donors (Lipinski definition) is 0. The van der Waals surface area contributed by atoms with E-state index in [1.807, 2.05) is 42.5 Å². The van der Waals surface area contributed by atoms with Crippen LogP contribution in [0.4, 0.5) is 0 Å². The number of nitrogens with zero attached hydrogens (tertiary/aromatic N) is 1. The second kappa shape index (κ2) is 7.96. The lowest BCUT2D eigenvalue weighted by Crippen LogP contribution is -2.24. The fourth-order valence-electron chi connectivity index (χ4n) is 3.71. The lowest BCUT2D eigenvalue weighted by Gasteiger charge is -2.26. The molecule has 2 heterocycles. The Morgan fingerprint density at radius 2 is 1.76 bits per heavy atom. The van der Waals surface area contributed by atoms with E-state index < -0.39 is 0 Å². The van der Waals surface area contributed by atoms with Crippen molar-refractivity contribution in [3.8, 4) is 11.5 Å². The summed E-state index contributed by atoms with van der Waals surface area (Å²) in [4.78, 5) is 4.67. The van der Waals surface area contributed by atoms with Gasteiger partial charge in [0.15, 0.2) is 0 Å². The van der Waals surface area contributed by atoms with Gasteiger partial charge in [-0.3, -0.25) is 0 Å². The summed E-state index contributed by atoms with van der Waals surface area (Å²) in [6.07, 6.45) is 4.23. The van der Waals surface area contributed by atoms with Gasteiger partial charge < -0.3 is 9.47 Å². The summed E-state index contributed by atoms with van der Waals surface area (Å²) in [5.41, 5.74) is 4.33. The second-order valence-corrected chi connectivity index (χ2v) is 7.35. The highest BCUT2D eigenvalue weighted by Crippen LogP contribution is 2.33. The van der Waals surface area contributed by atoms with E-state index >= 15 is 0 Å². The quantitative estimate of drug-likeness (QED) is 0.441. The van der Waals surface area contributed by atoms with Gasteiger partial charge in [-0.2, -0.15) is 0 Å². The highest BCUT2D eigenvalue weighted by Gasteiger charge is 2.21. The molecule has 1 unspecified atom stereocenters. The van der Waals surface area contributed by atoms with Crippen LogP contribution in [0.25, 0.3) is 10.9 Å². The number of aromatic nitrogens is 1. The molecule has 0 amide bonds. The van der Waals surface area contributed by atoms with Crippen molar-refractivity contribution in [1.29, 1.82) is 0 Å². The standard InChI is InChI=1S/C26H22NO2/c1-2-6-19(7-3-1)16-24-15-12-21-11-14-23(17-26(21)29-24)28-18-22-13-10-20-8-4-5-9-25(20)27-22/h1-14,17,24H,15-16,18H2. The summed E-state index contributed by atoms with van der Waals surface area (Å²) in [7, 11) is 0. The molecule has 0 bridgehead atoms. The normalized spacial score (nSPS) is 15.5. The van der Waals surface area contributed by atoms with Crippen molar-refractivity contribution >= 4 is 10.9 Å². The molecule has 0 saturated carbocycles. The van der Waals surface area contributed by atoms with Crippen LogP contribution < -0.4 is 9.47 Å². The summed E-state index contributed by atoms with van der Waals surface area (Å²) < 4.78 is 12.3. The van der Waals surface area contributed by atoms with E-state index in [0.29, 0.717) is 6.61 Å². The molecule has 0 aliphatic carbocycles. The predicted molar refractivity (Wildman–Crippen MR) is 115 cm³/mol. The molecule has 1 atom stereocenters. The fourth-order valence-corrected chi connectivity index (χ4v) is 3.71. The van der Waals surface area contributed by atoms with E-state index in [4.69, 9.17) is 9.47 Å². The Morgan fingerprint density at radius 3 is 2.69 bits per heavy atom. The zero-order chi connectivity index (χ0) is 19.5. The smallest absolute Gasteiger partial charge is 0.130 e. The van der Waals surface area contributed by atoms with Crippen LogP contribution >= 0.6 is 0 Å². The molecule has 29 heavy (non-hydrogen) atoms. The molecule has 0 spiro atoms. The molecule has 1 radical (unpaired) electrons. The van der Waals surface area contributed by atoms with E-state index in [1.165, 1.54) is 5.56 Å². The van der Waals surface area contributed by atoms with Crippen molar-refractivity contribution in [2.75, 3.05) is 0 Å². The Morgan fingerprint density at radius 1 is 0.897 bits per heavy atom. The zero-order valence-corrected chi connectivity index (χ0v) is 16.1. The molecule has 1 aliphatic rings. The van der Waals surface area contributed by atoms with E-state index in [1.54, 1.807) is 0 Å². The van der Waals surface area contributed by atoms with Gasteiger partial charge in [-0.15, -0.1) is 0 Å². The largest absolute Gasteiger partial charge is 0.490 e.